The average molecular weight is 1070 g/mol. The molecule has 0 saturated carbocycles. The minimum Gasteiger partial charge on any atom is -0.448 e. The number of oxazole rings is 4. The van der Waals surface area contributed by atoms with Gasteiger partial charge in [0.1, 0.15) is 85.6 Å². The van der Waals surface area contributed by atoms with E-state index in [2.05, 4.69) is 66.1 Å². The highest BCUT2D eigenvalue weighted by Gasteiger charge is 2.20. The van der Waals surface area contributed by atoms with Gasteiger partial charge in [0, 0.05) is 66.2 Å². The molecule has 0 aliphatic carbocycles. The Morgan fingerprint density at radius 1 is 0.528 bits per heavy atom. The first kappa shape index (κ1) is 51.9. The molecule has 8 rings (SSSR count). The fourth-order valence-electron chi connectivity index (χ4n) is 6.37. The summed E-state index contributed by atoms with van der Waals surface area (Å²) in [6.07, 6.45) is 7.66. The van der Waals surface area contributed by atoms with Crippen LogP contribution in [0.4, 0.5) is 0 Å². The van der Waals surface area contributed by atoms with Gasteiger partial charge in [-0.15, -0.1) is 45.3 Å². The highest BCUT2D eigenvalue weighted by molar-refractivity contribution is 8.12. The van der Waals surface area contributed by atoms with E-state index in [1.54, 1.807) is 28.6 Å². The first-order valence-corrected chi connectivity index (χ1v) is 26.3. The van der Waals surface area contributed by atoms with E-state index in [9.17, 15) is 28.8 Å². The minimum absolute atomic E-state index is 0.0550. The maximum absolute atomic E-state index is 12.9. The van der Waals surface area contributed by atoms with Crippen LogP contribution in [0.2, 0.25) is 0 Å². The molecule has 8 aromatic heterocycles. The smallest absolute Gasteiger partial charge is 0.254 e. The van der Waals surface area contributed by atoms with Crippen LogP contribution in [-0.2, 0) is 39.0 Å². The molecule has 0 radical (unpaired) electrons. The quantitative estimate of drug-likeness (QED) is 0.0146. The Kier molecular flexibility index (Phi) is 18.2. The molecular weight excluding hydrogens is 1030 g/mol. The second kappa shape index (κ2) is 25.3. The minimum atomic E-state index is -0.344. The molecule has 8 aromatic rings. The van der Waals surface area contributed by atoms with E-state index in [-0.39, 0.29) is 102 Å². The van der Waals surface area contributed by atoms with Crippen molar-refractivity contribution in [2.45, 2.75) is 71.6 Å². The topological polar surface area (TPSA) is 318 Å². The first-order valence-electron chi connectivity index (χ1n) is 21.9. The summed E-state index contributed by atoms with van der Waals surface area (Å²) >= 11 is 6.17. The third-order valence-electron chi connectivity index (χ3n) is 9.97. The first-order chi connectivity index (χ1) is 35.0. The van der Waals surface area contributed by atoms with Crippen molar-refractivity contribution in [3.05, 3.63) is 113 Å². The van der Waals surface area contributed by atoms with Gasteiger partial charge >= 0.3 is 0 Å². The van der Waals surface area contributed by atoms with Crippen LogP contribution >= 0.6 is 57.3 Å². The van der Waals surface area contributed by atoms with E-state index >= 15 is 0 Å². The second-order valence-corrected chi connectivity index (χ2v) is 19.8. The molecule has 0 aromatic carbocycles. The van der Waals surface area contributed by atoms with Gasteiger partial charge in [-0.3, -0.25) is 28.8 Å². The van der Waals surface area contributed by atoms with Crippen LogP contribution in [-0.4, -0.2) is 94.0 Å². The largest absolute Gasteiger partial charge is 0.448 e. The number of hydrogen-bond acceptors (Lipinski definition) is 28. The van der Waals surface area contributed by atoms with E-state index in [0.29, 0.717) is 94.0 Å². The summed E-state index contributed by atoms with van der Waals surface area (Å²) in [4.78, 5) is 113. The lowest BCUT2D eigenvalue weighted by Gasteiger charge is -2.02. The van der Waals surface area contributed by atoms with E-state index in [1.165, 1.54) is 77.3 Å². The number of Topliss-reactive ketones (excluding diaryl/α,β-unsaturated/α-hetero) is 5. The summed E-state index contributed by atoms with van der Waals surface area (Å²) in [7, 11) is 1.79. The number of nitrogens with zero attached hydrogens (tertiary/aromatic N) is 8. The van der Waals surface area contributed by atoms with Crippen molar-refractivity contribution in [2.75, 3.05) is 20.1 Å². The number of carbonyl (C=O) groups excluding carboxylic acids is 6. The van der Waals surface area contributed by atoms with Crippen LogP contribution in [0.15, 0.2) is 64.2 Å². The molecule has 72 heavy (non-hydrogen) atoms. The Hall–Kier alpha value is -6.47. The molecule has 0 saturated heterocycles. The number of ketones is 5. The molecule has 0 unspecified atom stereocenters. The van der Waals surface area contributed by atoms with Crippen molar-refractivity contribution in [3.8, 4) is 22.3 Å². The molecule has 0 spiro atoms. The number of carbonyl (C=O) groups is 6. The monoisotopic (exact) mass is 1070 g/mol. The van der Waals surface area contributed by atoms with Crippen molar-refractivity contribution < 1.29 is 46.4 Å². The number of rotatable bonds is 30. The van der Waals surface area contributed by atoms with Gasteiger partial charge in [0.2, 0.25) is 17.7 Å². The van der Waals surface area contributed by atoms with Crippen molar-refractivity contribution >= 4 is 91.3 Å². The zero-order chi connectivity index (χ0) is 50.4. The van der Waals surface area contributed by atoms with Gasteiger partial charge in [-0.1, -0.05) is 0 Å². The van der Waals surface area contributed by atoms with E-state index < -0.39 is 0 Å². The van der Waals surface area contributed by atoms with Crippen molar-refractivity contribution in [1.82, 2.24) is 66.1 Å². The van der Waals surface area contributed by atoms with Gasteiger partial charge in [-0.25, -0.2) is 45.3 Å². The van der Waals surface area contributed by atoms with Crippen LogP contribution in [0, 0.1) is 0 Å². The maximum atomic E-state index is 12.9. The molecular formula is C44H43N13O10S5. The predicted octanol–water partition coefficient (Wildman–Crippen LogP) is 6.16. The van der Waals surface area contributed by atoms with Crippen LogP contribution in [0.1, 0.15) is 128 Å². The Balaban J connectivity index is 0.675. The molecule has 0 aliphatic rings. The summed E-state index contributed by atoms with van der Waals surface area (Å²) in [6.45, 7) is 2.53. The number of aryl methyl sites for hydroxylation is 2. The fourth-order valence-corrected chi connectivity index (χ4v) is 9.96. The Morgan fingerprint density at radius 3 is 1.96 bits per heavy atom. The van der Waals surface area contributed by atoms with E-state index in [1.807, 2.05) is 0 Å². The van der Waals surface area contributed by atoms with Gasteiger partial charge in [0.25, 0.3) is 5.12 Å². The van der Waals surface area contributed by atoms with Crippen molar-refractivity contribution in [3.63, 3.8) is 0 Å². The summed E-state index contributed by atoms with van der Waals surface area (Å²) in [5.41, 5.74) is 5.45. The van der Waals surface area contributed by atoms with E-state index in [4.69, 9.17) is 17.7 Å². The molecule has 28 heteroatoms. The Labute approximate surface area is 429 Å². The highest BCUT2D eigenvalue weighted by atomic mass is 32.2. The lowest BCUT2D eigenvalue weighted by Crippen LogP contribution is -2.26. The second-order valence-electron chi connectivity index (χ2n) is 15.4. The Morgan fingerprint density at radius 2 is 1.14 bits per heavy atom. The predicted molar refractivity (Wildman–Crippen MR) is 264 cm³/mol. The van der Waals surface area contributed by atoms with Gasteiger partial charge < -0.3 is 33.6 Å². The molecule has 0 bridgehead atoms. The summed E-state index contributed by atoms with van der Waals surface area (Å²) < 4.78 is 21.6. The molecule has 0 fully saturated rings. The van der Waals surface area contributed by atoms with Gasteiger partial charge in [-0.05, 0) is 26.3 Å². The molecule has 374 valence electrons. The standard InChI is InChI=1S/C44H43N13O10S5/c1-23(58)24-15-64-36(49-24)7-3-5-32(59)25-16-65-38(50-25)12-46-9-34(61)26-17-67-42(55-26)30-21-70-41(53-30)14-48-57-72-44(63)31-22-68-39(54-31)8-4-6-33(60)28-19-69-40(52-28)13-47-10-35(62)29-20-71-43(56-29)27-18-66-37(51-27)11-45-2/h15-22,45-48,57H,3-14H2,1-2H3. The number of hydrogen-bond donors (Lipinski definition) is 5. The normalized spacial score (nSPS) is 11.4. The number of aromatic nitrogens is 8. The Bertz CT molecular complexity index is 3160. The van der Waals surface area contributed by atoms with Crippen LogP contribution in [0.25, 0.3) is 22.3 Å². The van der Waals surface area contributed by atoms with E-state index in [0.717, 1.165) is 17.0 Å². The van der Waals surface area contributed by atoms with Crippen LogP contribution in [0.5, 0.6) is 0 Å². The van der Waals surface area contributed by atoms with Crippen LogP contribution < -0.4 is 26.2 Å². The van der Waals surface area contributed by atoms with Gasteiger partial charge in [-0.2, -0.15) is 4.83 Å². The fraction of sp³-hybridized carbons (Fsp3) is 0.318. The SMILES string of the molecule is CNCc1nc(-c2nc(C(=O)CNCc3nc(C(=O)CCCc4nc(C(=O)SNNCc5nc(-c6nc(C(=O)CNCc7nc(C(=O)CCCc8nc(C(C)=O)co8)co7)co6)cs5)cs4)cs3)cs2)co1. The zero-order valence-corrected chi connectivity index (χ0v) is 42.4. The van der Waals surface area contributed by atoms with Gasteiger partial charge in [0.15, 0.2) is 34.8 Å². The number of nitrogens with one attached hydrogen (secondary N) is 5. The lowest BCUT2D eigenvalue weighted by atomic mass is 10.1. The van der Waals surface area contributed by atoms with Crippen molar-refractivity contribution in [1.29, 1.82) is 0 Å². The molecule has 0 amide bonds. The summed E-state index contributed by atoms with van der Waals surface area (Å²) in [5.74, 6) is 0.274. The number of hydrazine groups is 1. The molecule has 0 aliphatic heterocycles. The third kappa shape index (κ3) is 14.4. The molecule has 0 atom stereocenters. The highest BCUT2D eigenvalue weighted by Crippen LogP contribution is 2.25. The average Bonchev–Trinajstić information content (AvgIpc) is 4.21. The summed E-state index contributed by atoms with van der Waals surface area (Å²) in [5, 5.41) is 18.2. The molecule has 5 N–H and O–H groups in total. The molecule has 8 heterocycles. The van der Waals surface area contributed by atoms with Crippen molar-refractivity contribution in [2.24, 2.45) is 0 Å². The molecule has 23 nitrogen and oxygen atoms in total. The number of thiazole rings is 4. The zero-order valence-electron chi connectivity index (χ0n) is 38.3. The maximum Gasteiger partial charge on any atom is 0.254 e. The van der Waals surface area contributed by atoms with Gasteiger partial charge in [0.05, 0.1) is 37.7 Å². The lowest BCUT2D eigenvalue weighted by molar-refractivity contribution is 0.0967. The third-order valence-corrected chi connectivity index (χ3v) is 14.1. The summed E-state index contributed by atoms with van der Waals surface area (Å²) in [6, 6.07) is 0. The van der Waals surface area contributed by atoms with Crippen LogP contribution in [0.3, 0.4) is 0 Å².